The van der Waals surface area contributed by atoms with Gasteiger partial charge in [-0.1, -0.05) is 35.9 Å². The summed E-state index contributed by atoms with van der Waals surface area (Å²) in [4.78, 5) is 0. The monoisotopic (exact) mass is 222 g/mol. The van der Waals surface area contributed by atoms with Gasteiger partial charge in [-0.25, -0.2) is 8.42 Å². The fourth-order valence-electron chi connectivity index (χ4n) is 1.85. The first-order valence-corrected chi connectivity index (χ1v) is 6.89. The standard InChI is InChI=1S/C12H14O2S/c1-9-3-4-11-8-12(15(2,13)14)6-5-10(11)7-9/h3-7,12H,8H2,1-2H3. The van der Waals surface area contributed by atoms with Crippen LogP contribution >= 0.6 is 0 Å². The number of rotatable bonds is 1. The molecule has 0 aliphatic heterocycles. The molecule has 15 heavy (non-hydrogen) atoms. The summed E-state index contributed by atoms with van der Waals surface area (Å²) in [7, 11) is -2.97. The Morgan fingerprint density at radius 3 is 2.73 bits per heavy atom. The van der Waals surface area contributed by atoms with E-state index in [0.29, 0.717) is 6.42 Å². The third kappa shape index (κ3) is 2.12. The number of benzene rings is 1. The van der Waals surface area contributed by atoms with Crippen molar-refractivity contribution in [2.45, 2.75) is 18.6 Å². The summed E-state index contributed by atoms with van der Waals surface area (Å²) >= 11 is 0. The van der Waals surface area contributed by atoms with E-state index in [4.69, 9.17) is 0 Å². The molecule has 0 radical (unpaired) electrons. The van der Waals surface area contributed by atoms with E-state index in [2.05, 4.69) is 6.07 Å². The van der Waals surface area contributed by atoms with E-state index in [1.54, 1.807) is 6.08 Å². The summed E-state index contributed by atoms with van der Waals surface area (Å²) in [5, 5.41) is -0.354. The van der Waals surface area contributed by atoms with Crippen LogP contribution in [0.1, 0.15) is 16.7 Å². The fraction of sp³-hybridized carbons (Fsp3) is 0.333. The van der Waals surface area contributed by atoms with Crippen LogP contribution < -0.4 is 0 Å². The van der Waals surface area contributed by atoms with Gasteiger partial charge in [-0.05, 0) is 24.5 Å². The Bertz CT molecular complexity index is 512. The first-order chi connectivity index (χ1) is 6.97. The van der Waals surface area contributed by atoms with Crippen molar-refractivity contribution in [2.75, 3.05) is 6.26 Å². The summed E-state index contributed by atoms with van der Waals surface area (Å²) in [5.41, 5.74) is 3.48. The smallest absolute Gasteiger partial charge is 0.154 e. The first kappa shape index (κ1) is 10.4. The maximum absolute atomic E-state index is 11.4. The van der Waals surface area contributed by atoms with E-state index in [-0.39, 0.29) is 5.25 Å². The molecule has 0 N–H and O–H groups in total. The molecule has 0 heterocycles. The molecule has 2 rings (SSSR count). The van der Waals surface area contributed by atoms with E-state index in [1.807, 2.05) is 25.1 Å². The zero-order valence-electron chi connectivity index (χ0n) is 8.90. The number of sulfone groups is 1. The van der Waals surface area contributed by atoms with Gasteiger partial charge >= 0.3 is 0 Å². The SMILES string of the molecule is Cc1ccc2c(c1)C=CC(S(C)(=O)=O)C2. The van der Waals surface area contributed by atoms with Crippen LogP contribution in [0.15, 0.2) is 24.3 Å². The first-order valence-electron chi connectivity index (χ1n) is 4.93. The van der Waals surface area contributed by atoms with E-state index in [9.17, 15) is 8.42 Å². The van der Waals surface area contributed by atoms with E-state index < -0.39 is 9.84 Å². The van der Waals surface area contributed by atoms with Gasteiger partial charge in [0.15, 0.2) is 9.84 Å². The predicted octanol–water partition coefficient (Wildman–Crippen LogP) is 1.98. The molecule has 1 aromatic rings. The van der Waals surface area contributed by atoms with Gasteiger partial charge in [0.1, 0.15) is 0 Å². The molecular weight excluding hydrogens is 208 g/mol. The highest BCUT2D eigenvalue weighted by Crippen LogP contribution is 2.23. The number of hydrogen-bond donors (Lipinski definition) is 0. The van der Waals surface area contributed by atoms with Crippen LogP contribution in [-0.4, -0.2) is 19.9 Å². The van der Waals surface area contributed by atoms with Crippen LogP contribution in [0.25, 0.3) is 6.08 Å². The van der Waals surface area contributed by atoms with Crippen molar-refractivity contribution in [1.82, 2.24) is 0 Å². The Balaban J connectivity index is 2.41. The third-order valence-electron chi connectivity index (χ3n) is 2.76. The van der Waals surface area contributed by atoms with Crippen LogP contribution in [0.2, 0.25) is 0 Å². The highest BCUT2D eigenvalue weighted by Gasteiger charge is 2.22. The molecule has 1 atom stereocenters. The lowest BCUT2D eigenvalue weighted by Crippen LogP contribution is -2.22. The Morgan fingerprint density at radius 1 is 1.33 bits per heavy atom. The Kier molecular flexibility index (Phi) is 2.43. The van der Waals surface area contributed by atoms with Crippen molar-refractivity contribution in [3.8, 4) is 0 Å². The Labute approximate surface area is 90.6 Å². The molecule has 1 aliphatic carbocycles. The average Bonchev–Trinajstić information content (AvgIpc) is 2.15. The minimum absolute atomic E-state index is 0.354. The second kappa shape index (κ2) is 3.49. The quantitative estimate of drug-likeness (QED) is 0.728. The van der Waals surface area contributed by atoms with Crippen molar-refractivity contribution in [3.63, 3.8) is 0 Å². The minimum atomic E-state index is -2.97. The largest absolute Gasteiger partial charge is 0.229 e. The van der Waals surface area contributed by atoms with Crippen LogP contribution in [-0.2, 0) is 16.3 Å². The van der Waals surface area contributed by atoms with Gasteiger partial charge in [-0.15, -0.1) is 0 Å². The predicted molar refractivity (Wildman–Crippen MR) is 62.5 cm³/mol. The summed E-state index contributed by atoms with van der Waals surface area (Å²) in [6.07, 6.45) is 5.60. The molecule has 2 nitrogen and oxygen atoms in total. The van der Waals surface area contributed by atoms with Crippen molar-refractivity contribution >= 4 is 15.9 Å². The van der Waals surface area contributed by atoms with Crippen molar-refractivity contribution in [2.24, 2.45) is 0 Å². The second-order valence-electron chi connectivity index (χ2n) is 4.13. The van der Waals surface area contributed by atoms with Gasteiger partial charge in [0.05, 0.1) is 5.25 Å². The second-order valence-corrected chi connectivity index (χ2v) is 6.40. The summed E-state index contributed by atoms with van der Waals surface area (Å²) in [6, 6.07) is 6.13. The molecule has 3 heteroatoms. The van der Waals surface area contributed by atoms with Gasteiger partial charge in [0.2, 0.25) is 0 Å². The van der Waals surface area contributed by atoms with E-state index in [1.165, 1.54) is 11.8 Å². The lowest BCUT2D eigenvalue weighted by Gasteiger charge is -2.18. The highest BCUT2D eigenvalue weighted by atomic mass is 32.2. The maximum Gasteiger partial charge on any atom is 0.154 e. The topological polar surface area (TPSA) is 34.1 Å². The summed E-state index contributed by atoms with van der Waals surface area (Å²) in [5.74, 6) is 0. The Hall–Kier alpha value is -1.09. The van der Waals surface area contributed by atoms with Crippen molar-refractivity contribution in [3.05, 3.63) is 41.0 Å². The fourth-order valence-corrected chi connectivity index (χ4v) is 2.69. The number of aryl methyl sites for hydroxylation is 1. The Morgan fingerprint density at radius 2 is 2.07 bits per heavy atom. The number of fused-ring (bicyclic) bond motifs is 1. The van der Waals surface area contributed by atoms with Gasteiger partial charge in [0, 0.05) is 6.26 Å². The summed E-state index contributed by atoms with van der Waals surface area (Å²) < 4.78 is 22.8. The molecule has 0 saturated carbocycles. The zero-order valence-corrected chi connectivity index (χ0v) is 9.71. The van der Waals surface area contributed by atoms with Gasteiger partial charge < -0.3 is 0 Å². The number of hydrogen-bond acceptors (Lipinski definition) is 2. The van der Waals surface area contributed by atoms with Gasteiger partial charge in [0.25, 0.3) is 0 Å². The average molecular weight is 222 g/mol. The summed E-state index contributed by atoms with van der Waals surface area (Å²) in [6.45, 7) is 2.04. The normalized spacial score (nSPS) is 20.0. The lowest BCUT2D eigenvalue weighted by molar-refractivity contribution is 0.593. The molecule has 1 aliphatic rings. The molecule has 0 bridgehead atoms. The molecule has 0 spiro atoms. The maximum atomic E-state index is 11.4. The molecule has 1 unspecified atom stereocenters. The molecule has 0 fully saturated rings. The molecule has 80 valence electrons. The van der Waals surface area contributed by atoms with E-state index >= 15 is 0 Å². The van der Waals surface area contributed by atoms with E-state index in [0.717, 1.165) is 11.1 Å². The lowest BCUT2D eigenvalue weighted by atomic mass is 9.96. The van der Waals surface area contributed by atoms with Crippen LogP contribution in [0, 0.1) is 6.92 Å². The molecule has 0 saturated heterocycles. The van der Waals surface area contributed by atoms with Crippen LogP contribution in [0.5, 0.6) is 0 Å². The van der Waals surface area contributed by atoms with Gasteiger partial charge in [-0.2, -0.15) is 0 Å². The molecule has 1 aromatic carbocycles. The minimum Gasteiger partial charge on any atom is -0.229 e. The van der Waals surface area contributed by atoms with Crippen molar-refractivity contribution in [1.29, 1.82) is 0 Å². The third-order valence-corrected chi connectivity index (χ3v) is 4.19. The van der Waals surface area contributed by atoms with Crippen molar-refractivity contribution < 1.29 is 8.42 Å². The molecule has 0 amide bonds. The molecule has 0 aromatic heterocycles. The van der Waals surface area contributed by atoms with Crippen LogP contribution in [0.4, 0.5) is 0 Å². The molecular formula is C12H14O2S. The van der Waals surface area contributed by atoms with Gasteiger partial charge in [-0.3, -0.25) is 0 Å². The van der Waals surface area contributed by atoms with Crippen LogP contribution in [0.3, 0.4) is 0 Å². The zero-order chi connectivity index (χ0) is 11.1. The highest BCUT2D eigenvalue weighted by molar-refractivity contribution is 7.91.